The largest absolute Gasteiger partial charge is 0.295 e. The second-order valence-corrected chi connectivity index (χ2v) is 9.25. The molecule has 0 atom stereocenters. The fourth-order valence-corrected chi connectivity index (χ4v) is 4.77. The van der Waals surface area contributed by atoms with Gasteiger partial charge in [-0.2, -0.15) is 0 Å². The van der Waals surface area contributed by atoms with Crippen molar-refractivity contribution >= 4 is 5.57 Å². The lowest BCUT2D eigenvalue weighted by atomic mass is 9.80. The molecule has 0 amide bonds. The van der Waals surface area contributed by atoms with Crippen molar-refractivity contribution in [3.63, 3.8) is 0 Å². The Morgan fingerprint density at radius 1 is 0.788 bits per heavy atom. The number of rotatable bonds is 7. The first-order valence-electron chi connectivity index (χ1n) is 12.0. The highest BCUT2D eigenvalue weighted by Gasteiger charge is 2.25. The third-order valence-electron chi connectivity index (χ3n) is 6.68. The van der Waals surface area contributed by atoms with Gasteiger partial charge in [0.15, 0.2) is 0 Å². The Bertz CT molecular complexity index is 1080. The van der Waals surface area contributed by atoms with Crippen LogP contribution in [0, 0.1) is 0 Å². The van der Waals surface area contributed by atoms with E-state index in [4.69, 9.17) is 0 Å². The molecule has 0 bridgehead atoms. The minimum atomic E-state index is 0.319. The van der Waals surface area contributed by atoms with Gasteiger partial charge in [-0.05, 0) is 55.0 Å². The van der Waals surface area contributed by atoms with Gasteiger partial charge in [0.05, 0.1) is 0 Å². The number of nitrogens with zero attached hydrogens (tertiary/aromatic N) is 1. The van der Waals surface area contributed by atoms with Gasteiger partial charge in [0.25, 0.3) is 0 Å². The van der Waals surface area contributed by atoms with Gasteiger partial charge in [-0.1, -0.05) is 114 Å². The molecule has 0 unspecified atom stereocenters. The lowest BCUT2D eigenvalue weighted by Crippen LogP contribution is -2.34. The monoisotopic (exact) mass is 433 g/mol. The molecule has 3 aromatic carbocycles. The minimum absolute atomic E-state index is 0.319. The molecule has 0 saturated heterocycles. The van der Waals surface area contributed by atoms with Gasteiger partial charge >= 0.3 is 0 Å². The summed E-state index contributed by atoms with van der Waals surface area (Å²) < 4.78 is 0. The first-order valence-corrected chi connectivity index (χ1v) is 12.0. The van der Waals surface area contributed by atoms with Crippen molar-refractivity contribution in [2.75, 3.05) is 19.6 Å². The summed E-state index contributed by atoms with van der Waals surface area (Å²) in [5.41, 5.74) is 9.86. The standard InChI is InChI=1S/C32H35N/c1-25(19-20-26(2)28-13-7-4-8-14-28)23-33-22-21-27(3)31(24-33)32(29-15-9-5-10-16-29)30-17-11-6-12-18-30/h4-20,32H,21-24H2,1-3H3/b25-19+,26-20+. The predicted octanol–water partition coefficient (Wildman–Crippen LogP) is 7.89. The third-order valence-corrected chi connectivity index (χ3v) is 6.68. The molecule has 3 aromatic rings. The Labute approximate surface area is 199 Å². The van der Waals surface area contributed by atoms with Crippen LogP contribution in [0.1, 0.15) is 49.8 Å². The highest BCUT2D eigenvalue weighted by molar-refractivity contribution is 5.65. The molecule has 0 N–H and O–H groups in total. The lowest BCUT2D eigenvalue weighted by molar-refractivity contribution is 0.303. The van der Waals surface area contributed by atoms with E-state index in [0.29, 0.717) is 5.92 Å². The Morgan fingerprint density at radius 2 is 1.33 bits per heavy atom. The molecule has 168 valence electrons. The van der Waals surface area contributed by atoms with E-state index in [0.717, 1.165) is 26.1 Å². The molecule has 4 rings (SSSR count). The van der Waals surface area contributed by atoms with E-state index in [1.807, 2.05) is 0 Å². The van der Waals surface area contributed by atoms with Crippen molar-refractivity contribution < 1.29 is 0 Å². The number of hydrogen-bond donors (Lipinski definition) is 0. The Hall–Kier alpha value is -3.16. The predicted molar refractivity (Wildman–Crippen MR) is 142 cm³/mol. The summed E-state index contributed by atoms with van der Waals surface area (Å²) in [6.45, 7) is 9.93. The second kappa shape index (κ2) is 11.1. The first kappa shape index (κ1) is 23.0. The van der Waals surface area contributed by atoms with E-state index in [2.05, 4.69) is 129 Å². The van der Waals surface area contributed by atoms with Crippen molar-refractivity contribution in [2.45, 2.75) is 33.1 Å². The Kier molecular flexibility index (Phi) is 7.75. The summed E-state index contributed by atoms with van der Waals surface area (Å²) in [6.07, 6.45) is 5.68. The molecule has 0 fully saturated rings. The lowest BCUT2D eigenvalue weighted by Gasteiger charge is -2.34. The molecule has 0 radical (unpaired) electrons. The van der Waals surface area contributed by atoms with Crippen LogP contribution in [0.15, 0.2) is 120 Å². The van der Waals surface area contributed by atoms with Crippen LogP contribution in [0.25, 0.3) is 5.57 Å². The van der Waals surface area contributed by atoms with Crippen LogP contribution in [0.3, 0.4) is 0 Å². The molecule has 0 aliphatic carbocycles. The number of allylic oxidation sites excluding steroid dienone is 3. The van der Waals surface area contributed by atoms with E-state index in [9.17, 15) is 0 Å². The number of benzene rings is 3. The molecule has 1 aliphatic heterocycles. The quantitative estimate of drug-likeness (QED) is 0.270. The zero-order valence-electron chi connectivity index (χ0n) is 20.2. The van der Waals surface area contributed by atoms with E-state index >= 15 is 0 Å². The average Bonchev–Trinajstić information content (AvgIpc) is 2.86. The molecular weight excluding hydrogens is 398 g/mol. The van der Waals surface area contributed by atoms with Crippen molar-refractivity contribution in [3.05, 3.63) is 137 Å². The summed E-state index contributed by atoms with van der Waals surface area (Å²) in [5, 5.41) is 0. The average molecular weight is 434 g/mol. The molecule has 1 aliphatic rings. The van der Waals surface area contributed by atoms with Crippen molar-refractivity contribution in [3.8, 4) is 0 Å². The van der Waals surface area contributed by atoms with Crippen LogP contribution in [0.4, 0.5) is 0 Å². The second-order valence-electron chi connectivity index (χ2n) is 9.25. The van der Waals surface area contributed by atoms with Gasteiger partial charge < -0.3 is 0 Å². The van der Waals surface area contributed by atoms with Gasteiger partial charge in [0, 0.05) is 25.6 Å². The zero-order valence-corrected chi connectivity index (χ0v) is 20.2. The highest BCUT2D eigenvalue weighted by atomic mass is 15.1. The van der Waals surface area contributed by atoms with Gasteiger partial charge in [-0.3, -0.25) is 4.90 Å². The highest BCUT2D eigenvalue weighted by Crippen LogP contribution is 2.36. The van der Waals surface area contributed by atoms with Crippen molar-refractivity contribution in [1.82, 2.24) is 4.90 Å². The van der Waals surface area contributed by atoms with Gasteiger partial charge in [-0.25, -0.2) is 0 Å². The fraction of sp³-hybridized carbons (Fsp3) is 0.250. The molecule has 1 heteroatoms. The maximum atomic E-state index is 2.61. The van der Waals surface area contributed by atoms with E-state index in [-0.39, 0.29) is 0 Å². The summed E-state index contributed by atoms with van der Waals surface area (Å²) in [5.74, 6) is 0.319. The summed E-state index contributed by atoms with van der Waals surface area (Å²) in [7, 11) is 0. The summed E-state index contributed by atoms with van der Waals surface area (Å²) >= 11 is 0. The van der Waals surface area contributed by atoms with E-state index in [1.54, 1.807) is 11.1 Å². The summed E-state index contributed by atoms with van der Waals surface area (Å²) in [6, 6.07) is 32.6. The zero-order chi connectivity index (χ0) is 23.0. The number of hydrogen-bond acceptors (Lipinski definition) is 1. The topological polar surface area (TPSA) is 3.24 Å². The Morgan fingerprint density at radius 3 is 1.91 bits per heavy atom. The minimum Gasteiger partial charge on any atom is -0.295 e. The first-order chi connectivity index (χ1) is 16.1. The van der Waals surface area contributed by atoms with E-state index < -0.39 is 0 Å². The summed E-state index contributed by atoms with van der Waals surface area (Å²) in [4.78, 5) is 2.61. The molecular formula is C32H35N. The van der Waals surface area contributed by atoms with Crippen LogP contribution >= 0.6 is 0 Å². The maximum absolute atomic E-state index is 2.61. The normalized spacial score (nSPS) is 15.9. The molecule has 0 spiro atoms. The van der Waals surface area contributed by atoms with Crippen molar-refractivity contribution in [1.29, 1.82) is 0 Å². The molecule has 1 nitrogen and oxygen atoms in total. The van der Waals surface area contributed by atoms with Crippen molar-refractivity contribution in [2.24, 2.45) is 0 Å². The molecule has 0 aromatic heterocycles. The van der Waals surface area contributed by atoms with Crippen LogP contribution in [-0.4, -0.2) is 24.5 Å². The third kappa shape index (κ3) is 6.00. The van der Waals surface area contributed by atoms with Gasteiger partial charge in [0.1, 0.15) is 0 Å². The van der Waals surface area contributed by atoms with Gasteiger partial charge in [0.2, 0.25) is 0 Å². The smallest absolute Gasteiger partial charge is 0.0314 e. The fourth-order valence-electron chi connectivity index (χ4n) is 4.77. The van der Waals surface area contributed by atoms with Crippen LogP contribution in [0.5, 0.6) is 0 Å². The van der Waals surface area contributed by atoms with Gasteiger partial charge in [-0.15, -0.1) is 0 Å². The maximum Gasteiger partial charge on any atom is 0.0314 e. The SMILES string of the molecule is CC1=C(C(c2ccccc2)c2ccccc2)CN(C/C(C)=C/C=C(\C)c2ccccc2)CC1. The van der Waals surface area contributed by atoms with E-state index in [1.165, 1.54) is 27.8 Å². The Balaban J connectivity index is 1.53. The van der Waals surface area contributed by atoms with Crippen LogP contribution in [0.2, 0.25) is 0 Å². The van der Waals surface area contributed by atoms with Crippen LogP contribution in [-0.2, 0) is 0 Å². The van der Waals surface area contributed by atoms with Crippen LogP contribution < -0.4 is 0 Å². The molecule has 0 saturated carbocycles. The molecule has 1 heterocycles. The molecule has 33 heavy (non-hydrogen) atoms.